The van der Waals surface area contributed by atoms with Crippen LogP contribution in [0.25, 0.3) is 30.6 Å². The molecule has 6 heteroatoms. The van der Waals surface area contributed by atoms with Gasteiger partial charge in [-0.2, -0.15) is 0 Å². The molecule has 0 aliphatic heterocycles. The van der Waals surface area contributed by atoms with Gasteiger partial charge in [-0.3, -0.25) is 0 Å². The van der Waals surface area contributed by atoms with E-state index in [9.17, 15) is 0 Å². The van der Waals surface area contributed by atoms with Crippen LogP contribution in [0.3, 0.4) is 0 Å². The third-order valence-electron chi connectivity index (χ3n) is 4.80. The minimum Gasteiger partial charge on any atom is -0.496 e. The predicted octanol–water partition coefficient (Wildman–Crippen LogP) is 6.85. The van der Waals surface area contributed by atoms with Crippen molar-refractivity contribution in [2.45, 2.75) is 0 Å². The smallest absolute Gasteiger partial charge is 0.131 e. The molecule has 30 heavy (non-hydrogen) atoms. The van der Waals surface area contributed by atoms with E-state index in [1.165, 1.54) is 9.75 Å². The second kappa shape index (κ2) is 8.81. The standard InChI is InChI=1S/C24H22O4S2/c1-25-15-7-5-8-16(26-2)23(15)21-13-11-19(29-21)20-12-14-22(30-20)24-17(27-3)9-6-10-18(24)28-4/h5-14H,1-4H3. The third kappa shape index (κ3) is 3.64. The first-order valence-corrected chi connectivity index (χ1v) is 11.0. The highest BCUT2D eigenvalue weighted by Gasteiger charge is 2.18. The first kappa shape index (κ1) is 20.3. The summed E-state index contributed by atoms with van der Waals surface area (Å²) in [5.74, 6) is 3.20. The van der Waals surface area contributed by atoms with Crippen molar-refractivity contribution in [1.82, 2.24) is 0 Å². The molecule has 0 saturated heterocycles. The Morgan fingerprint density at radius 2 is 0.733 bits per heavy atom. The molecule has 0 bridgehead atoms. The minimum atomic E-state index is 0.799. The van der Waals surface area contributed by atoms with Gasteiger partial charge in [0.05, 0.1) is 39.6 Å². The van der Waals surface area contributed by atoms with Crippen molar-refractivity contribution in [2.24, 2.45) is 0 Å². The van der Waals surface area contributed by atoms with Crippen molar-refractivity contribution in [3.05, 3.63) is 60.7 Å². The van der Waals surface area contributed by atoms with Crippen LogP contribution in [-0.2, 0) is 0 Å². The van der Waals surface area contributed by atoms with Gasteiger partial charge in [-0.1, -0.05) is 12.1 Å². The van der Waals surface area contributed by atoms with Gasteiger partial charge in [-0.05, 0) is 48.5 Å². The highest BCUT2D eigenvalue weighted by atomic mass is 32.1. The number of ether oxygens (including phenoxy) is 4. The number of benzene rings is 2. The van der Waals surface area contributed by atoms with Crippen LogP contribution < -0.4 is 18.9 Å². The lowest BCUT2D eigenvalue weighted by molar-refractivity contribution is 0.397. The molecule has 0 amide bonds. The van der Waals surface area contributed by atoms with Crippen LogP contribution >= 0.6 is 22.7 Å². The summed E-state index contributed by atoms with van der Waals surface area (Å²) in [6.07, 6.45) is 0. The summed E-state index contributed by atoms with van der Waals surface area (Å²) in [4.78, 5) is 4.57. The SMILES string of the molecule is COc1cccc(OC)c1-c1ccc(-c2ccc(-c3c(OC)cccc3OC)s2)s1. The molecule has 0 atom stereocenters. The monoisotopic (exact) mass is 438 g/mol. The highest BCUT2D eigenvalue weighted by molar-refractivity contribution is 7.25. The van der Waals surface area contributed by atoms with E-state index in [1.54, 1.807) is 51.1 Å². The van der Waals surface area contributed by atoms with E-state index in [4.69, 9.17) is 18.9 Å². The zero-order valence-corrected chi connectivity index (χ0v) is 18.9. The fourth-order valence-electron chi connectivity index (χ4n) is 3.40. The Morgan fingerprint density at radius 1 is 0.433 bits per heavy atom. The second-order valence-electron chi connectivity index (χ2n) is 6.40. The van der Waals surface area contributed by atoms with Gasteiger partial charge in [-0.15, -0.1) is 22.7 Å². The Hall–Kier alpha value is -2.96. The molecule has 2 aromatic heterocycles. The van der Waals surface area contributed by atoms with Crippen LogP contribution in [0.4, 0.5) is 0 Å². The van der Waals surface area contributed by atoms with Gasteiger partial charge in [-0.25, -0.2) is 0 Å². The zero-order valence-electron chi connectivity index (χ0n) is 17.2. The molecular formula is C24H22O4S2. The average Bonchev–Trinajstić information content (AvgIpc) is 3.47. The molecule has 2 heterocycles. The van der Waals surface area contributed by atoms with Crippen LogP contribution in [0.5, 0.6) is 23.0 Å². The van der Waals surface area contributed by atoms with Gasteiger partial charge in [0.25, 0.3) is 0 Å². The predicted molar refractivity (Wildman–Crippen MR) is 125 cm³/mol. The van der Waals surface area contributed by atoms with Gasteiger partial charge in [0.15, 0.2) is 0 Å². The van der Waals surface area contributed by atoms with Crippen molar-refractivity contribution in [1.29, 1.82) is 0 Å². The minimum absolute atomic E-state index is 0.799. The number of hydrogen-bond donors (Lipinski definition) is 0. The summed E-state index contributed by atoms with van der Waals surface area (Å²) in [7, 11) is 6.72. The van der Waals surface area contributed by atoms with Gasteiger partial charge in [0.1, 0.15) is 23.0 Å². The maximum absolute atomic E-state index is 5.57. The Labute approximate surface area is 184 Å². The summed E-state index contributed by atoms with van der Waals surface area (Å²) in [5, 5.41) is 0. The Balaban J connectivity index is 1.74. The molecule has 0 saturated carbocycles. The van der Waals surface area contributed by atoms with Gasteiger partial charge in [0, 0.05) is 19.5 Å². The fourth-order valence-corrected chi connectivity index (χ4v) is 5.61. The number of rotatable bonds is 7. The van der Waals surface area contributed by atoms with E-state index in [0.717, 1.165) is 43.9 Å². The van der Waals surface area contributed by atoms with Gasteiger partial charge in [0.2, 0.25) is 0 Å². The summed E-state index contributed by atoms with van der Waals surface area (Å²) in [5.41, 5.74) is 1.95. The zero-order chi connectivity index (χ0) is 21.1. The molecule has 0 unspecified atom stereocenters. The molecule has 0 aliphatic rings. The Morgan fingerprint density at radius 3 is 1.03 bits per heavy atom. The Kier molecular flexibility index (Phi) is 5.97. The van der Waals surface area contributed by atoms with E-state index in [0.29, 0.717) is 0 Å². The molecule has 4 nitrogen and oxygen atoms in total. The first-order chi connectivity index (χ1) is 14.7. The summed E-state index contributed by atoms with van der Waals surface area (Å²) in [6, 6.07) is 20.2. The molecule has 0 aliphatic carbocycles. The van der Waals surface area contributed by atoms with Gasteiger partial charge >= 0.3 is 0 Å². The van der Waals surface area contributed by atoms with E-state index < -0.39 is 0 Å². The lowest BCUT2D eigenvalue weighted by atomic mass is 10.1. The van der Waals surface area contributed by atoms with Crippen molar-refractivity contribution >= 4 is 22.7 Å². The van der Waals surface area contributed by atoms with Crippen molar-refractivity contribution < 1.29 is 18.9 Å². The van der Waals surface area contributed by atoms with Crippen LogP contribution in [0.1, 0.15) is 0 Å². The van der Waals surface area contributed by atoms with Crippen LogP contribution in [0.15, 0.2) is 60.7 Å². The normalized spacial score (nSPS) is 10.7. The Bertz CT molecular complexity index is 1020. The van der Waals surface area contributed by atoms with Crippen LogP contribution in [0.2, 0.25) is 0 Å². The van der Waals surface area contributed by atoms with E-state index in [1.807, 2.05) is 36.4 Å². The van der Waals surface area contributed by atoms with Crippen LogP contribution in [0, 0.1) is 0 Å². The first-order valence-electron chi connectivity index (χ1n) is 9.33. The molecule has 2 aromatic carbocycles. The quantitative estimate of drug-likeness (QED) is 0.316. The second-order valence-corrected chi connectivity index (χ2v) is 8.57. The molecule has 0 N–H and O–H groups in total. The topological polar surface area (TPSA) is 36.9 Å². The molecule has 4 aromatic rings. The molecule has 154 valence electrons. The van der Waals surface area contributed by atoms with E-state index >= 15 is 0 Å². The highest BCUT2D eigenvalue weighted by Crippen LogP contribution is 2.47. The largest absolute Gasteiger partial charge is 0.496 e. The van der Waals surface area contributed by atoms with Crippen LogP contribution in [-0.4, -0.2) is 28.4 Å². The molecule has 0 spiro atoms. The van der Waals surface area contributed by atoms with Crippen molar-refractivity contribution in [3.8, 4) is 53.6 Å². The fraction of sp³-hybridized carbons (Fsp3) is 0.167. The summed E-state index contributed by atoms with van der Waals surface area (Å²) in [6.45, 7) is 0. The average molecular weight is 439 g/mol. The maximum Gasteiger partial charge on any atom is 0.131 e. The number of thiophene rings is 2. The molecular weight excluding hydrogens is 416 g/mol. The molecule has 4 rings (SSSR count). The number of methoxy groups -OCH3 is 4. The lowest BCUT2D eigenvalue weighted by Gasteiger charge is -2.11. The van der Waals surface area contributed by atoms with E-state index in [-0.39, 0.29) is 0 Å². The van der Waals surface area contributed by atoms with Crippen molar-refractivity contribution in [2.75, 3.05) is 28.4 Å². The molecule has 0 fully saturated rings. The summed E-state index contributed by atoms with van der Waals surface area (Å²) < 4.78 is 22.3. The summed E-state index contributed by atoms with van der Waals surface area (Å²) >= 11 is 3.43. The van der Waals surface area contributed by atoms with Crippen molar-refractivity contribution in [3.63, 3.8) is 0 Å². The third-order valence-corrected chi connectivity index (χ3v) is 7.20. The van der Waals surface area contributed by atoms with E-state index in [2.05, 4.69) is 24.3 Å². The maximum atomic E-state index is 5.57. The number of hydrogen-bond acceptors (Lipinski definition) is 6. The van der Waals surface area contributed by atoms with Gasteiger partial charge < -0.3 is 18.9 Å². The lowest BCUT2D eigenvalue weighted by Crippen LogP contribution is -1.91. The molecule has 0 radical (unpaired) electrons.